The van der Waals surface area contributed by atoms with E-state index in [1.165, 1.54) is 25.7 Å². The Labute approximate surface area is 86.4 Å². The topological polar surface area (TPSA) is 43.8 Å². The Bertz CT molecular complexity index is 313. The number of aromatic nitrogens is 2. The molecule has 3 nitrogen and oxygen atoms in total. The molecule has 1 heterocycles. The highest BCUT2D eigenvalue weighted by atomic mass is 79.9. The van der Waals surface area contributed by atoms with Crippen LogP contribution >= 0.6 is 15.9 Å². The lowest BCUT2D eigenvalue weighted by atomic mass is 10.2. The number of nitrogen functional groups attached to an aromatic ring is 1. The Morgan fingerprint density at radius 3 is 2.54 bits per heavy atom. The molecule has 1 fully saturated rings. The van der Waals surface area contributed by atoms with E-state index in [1.807, 2.05) is 11.6 Å². The van der Waals surface area contributed by atoms with Crippen LogP contribution in [0.3, 0.4) is 0 Å². The number of aryl methyl sites for hydroxylation is 1. The van der Waals surface area contributed by atoms with Crippen LogP contribution < -0.4 is 5.73 Å². The molecule has 0 amide bonds. The van der Waals surface area contributed by atoms with Gasteiger partial charge >= 0.3 is 0 Å². The van der Waals surface area contributed by atoms with Gasteiger partial charge in [-0.25, -0.2) is 4.68 Å². The minimum atomic E-state index is 0.532. The molecule has 0 saturated heterocycles. The van der Waals surface area contributed by atoms with Crippen LogP contribution in [0.25, 0.3) is 0 Å². The van der Waals surface area contributed by atoms with Gasteiger partial charge in [0.2, 0.25) is 0 Å². The van der Waals surface area contributed by atoms with Crippen molar-refractivity contribution in [1.82, 2.24) is 9.78 Å². The maximum atomic E-state index is 5.94. The number of anilines is 1. The molecule has 1 aliphatic carbocycles. The standard InChI is InChI=1S/C9H14BrN3/c1-6-8(10)9(11)13(12-6)7-4-2-3-5-7/h7H,2-5,11H2,1H3. The first kappa shape index (κ1) is 9.06. The van der Waals surface area contributed by atoms with Crippen LogP contribution in [0.4, 0.5) is 5.82 Å². The summed E-state index contributed by atoms with van der Waals surface area (Å²) in [6.45, 7) is 1.98. The highest BCUT2D eigenvalue weighted by molar-refractivity contribution is 9.10. The minimum Gasteiger partial charge on any atom is -0.383 e. The van der Waals surface area contributed by atoms with Gasteiger partial charge in [-0.3, -0.25) is 0 Å². The van der Waals surface area contributed by atoms with Crippen LogP contribution in [0.5, 0.6) is 0 Å². The van der Waals surface area contributed by atoms with E-state index in [9.17, 15) is 0 Å². The van der Waals surface area contributed by atoms with Crippen molar-refractivity contribution in [3.8, 4) is 0 Å². The molecule has 1 aliphatic rings. The second-order valence-electron chi connectivity index (χ2n) is 3.67. The summed E-state index contributed by atoms with van der Waals surface area (Å²) in [5, 5.41) is 4.44. The molecule has 0 atom stereocenters. The lowest BCUT2D eigenvalue weighted by molar-refractivity contribution is 0.471. The van der Waals surface area contributed by atoms with Crippen LogP contribution in [0.15, 0.2) is 4.47 Å². The Kier molecular flexibility index (Phi) is 2.32. The number of halogens is 1. The SMILES string of the molecule is Cc1nn(C2CCCC2)c(N)c1Br. The van der Waals surface area contributed by atoms with Crippen molar-refractivity contribution in [3.05, 3.63) is 10.2 Å². The highest BCUT2D eigenvalue weighted by Gasteiger charge is 2.21. The van der Waals surface area contributed by atoms with E-state index in [2.05, 4.69) is 21.0 Å². The molecular weight excluding hydrogens is 230 g/mol. The second kappa shape index (κ2) is 3.33. The summed E-state index contributed by atoms with van der Waals surface area (Å²) in [7, 11) is 0. The van der Waals surface area contributed by atoms with E-state index < -0.39 is 0 Å². The molecule has 13 heavy (non-hydrogen) atoms. The summed E-state index contributed by atoms with van der Waals surface area (Å²) in [6, 6.07) is 0.532. The fourth-order valence-corrected chi connectivity index (χ4v) is 2.23. The zero-order valence-electron chi connectivity index (χ0n) is 7.76. The van der Waals surface area contributed by atoms with Crippen LogP contribution in [-0.2, 0) is 0 Å². The first-order valence-electron chi connectivity index (χ1n) is 4.70. The molecule has 2 rings (SSSR count). The van der Waals surface area contributed by atoms with Crippen molar-refractivity contribution in [2.24, 2.45) is 0 Å². The van der Waals surface area contributed by atoms with E-state index in [-0.39, 0.29) is 0 Å². The van der Waals surface area contributed by atoms with E-state index in [4.69, 9.17) is 5.73 Å². The molecule has 0 radical (unpaired) electrons. The number of hydrogen-bond acceptors (Lipinski definition) is 2. The number of nitrogens with two attached hydrogens (primary N) is 1. The summed E-state index contributed by atoms with van der Waals surface area (Å²) in [5.41, 5.74) is 6.93. The second-order valence-corrected chi connectivity index (χ2v) is 4.46. The van der Waals surface area contributed by atoms with Crippen molar-refractivity contribution in [2.45, 2.75) is 38.6 Å². The van der Waals surface area contributed by atoms with Crippen molar-refractivity contribution in [2.75, 3.05) is 5.73 Å². The maximum Gasteiger partial charge on any atom is 0.136 e. The normalized spacial score (nSPS) is 18.3. The van der Waals surface area contributed by atoms with Gasteiger partial charge in [0.15, 0.2) is 0 Å². The van der Waals surface area contributed by atoms with Crippen molar-refractivity contribution in [1.29, 1.82) is 0 Å². The Morgan fingerprint density at radius 2 is 2.08 bits per heavy atom. The number of hydrogen-bond donors (Lipinski definition) is 1. The van der Waals surface area contributed by atoms with Gasteiger partial charge in [0, 0.05) is 0 Å². The Hall–Kier alpha value is -0.510. The summed E-state index contributed by atoms with van der Waals surface area (Å²) in [6.07, 6.45) is 5.05. The van der Waals surface area contributed by atoms with Gasteiger partial charge in [0.25, 0.3) is 0 Å². The molecule has 1 saturated carbocycles. The fraction of sp³-hybridized carbons (Fsp3) is 0.667. The summed E-state index contributed by atoms with van der Waals surface area (Å²) >= 11 is 3.44. The molecule has 2 N–H and O–H groups in total. The molecule has 0 aliphatic heterocycles. The zero-order chi connectivity index (χ0) is 9.42. The zero-order valence-corrected chi connectivity index (χ0v) is 9.34. The lowest BCUT2D eigenvalue weighted by Gasteiger charge is -2.11. The molecule has 1 aromatic rings. The predicted molar refractivity (Wildman–Crippen MR) is 56.6 cm³/mol. The molecule has 0 spiro atoms. The monoisotopic (exact) mass is 243 g/mol. The molecule has 0 unspecified atom stereocenters. The smallest absolute Gasteiger partial charge is 0.136 e. The van der Waals surface area contributed by atoms with Crippen molar-refractivity contribution < 1.29 is 0 Å². The fourth-order valence-electron chi connectivity index (χ4n) is 1.97. The van der Waals surface area contributed by atoms with Gasteiger partial charge < -0.3 is 5.73 Å². The molecule has 72 valence electrons. The quantitative estimate of drug-likeness (QED) is 0.825. The Balaban J connectivity index is 2.34. The molecule has 1 aromatic heterocycles. The average Bonchev–Trinajstić information content (AvgIpc) is 2.70. The van der Waals surface area contributed by atoms with E-state index in [1.54, 1.807) is 0 Å². The van der Waals surface area contributed by atoms with E-state index in [0.29, 0.717) is 6.04 Å². The highest BCUT2D eigenvalue weighted by Crippen LogP contribution is 2.34. The van der Waals surface area contributed by atoms with Crippen LogP contribution in [0.1, 0.15) is 37.4 Å². The van der Waals surface area contributed by atoms with Crippen molar-refractivity contribution >= 4 is 21.7 Å². The third-order valence-corrected chi connectivity index (χ3v) is 3.70. The van der Waals surface area contributed by atoms with Gasteiger partial charge in [0.05, 0.1) is 16.2 Å². The van der Waals surface area contributed by atoms with Gasteiger partial charge in [0.1, 0.15) is 5.82 Å². The first-order chi connectivity index (χ1) is 6.20. The first-order valence-corrected chi connectivity index (χ1v) is 5.49. The van der Waals surface area contributed by atoms with Gasteiger partial charge in [-0.05, 0) is 35.7 Å². The summed E-state index contributed by atoms with van der Waals surface area (Å²) < 4.78 is 2.94. The van der Waals surface area contributed by atoms with Gasteiger partial charge in [-0.2, -0.15) is 5.10 Å². The van der Waals surface area contributed by atoms with Crippen LogP contribution in [-0.4, -0.2) is 9.78 Å². The van der Waals surface area contributed by atoms with Gasteiger partial charge in [-0.1, -0.05) is 12.8 Å². The largest absolute Gasteiger partial charge is 0.383 e. The maximum absolute atomic E-state index is 5.94. The van der Waals surface area contributed by atoms with Gasteiger partial charge in [-0.15, -0.1) is 0 Å². The Morgan fingerprint density at radius 1 is 1.46 bits per heavy atom. The predicted octanol–water partition coefficient (Wildman–Crippen LogP) is 2.65. The summed E-state index contributed by atoms with van der Waals surface area (Å²) in [5.74, 6) is 0.782. The molecule has 0 bridgehead atoms. The van der Waals surface area contributed by atoms with Crippen molar-refractivity contribution in [3.63, 3.8) is 0 Å². The number of rotatable bonds is 1. The van der Waals surface area contributed by atoms with E-state index >= 15 is 0 Å². The molecule has 0 aromatic carbocycles. The van der Waals surface area contributed by atoms with Crippen LogP contribution in [0.2, 0.25) is 0 Å². The molecule has 4 heteroatoms. The van der Waals surface area contributed by atoms with Crippen LogP contribution in [0, 0.1) is 6.92 Å². The number of nitrogens with zero attached hydrogens (tertiary/aromatic N) is 2. The third kappa shape index (κ3) is 1.47. The summed E-state index contributed by atoms with van der Waals surface area (Å²) in [4.78, 5) is 0. The third-order valence-electron chi connectivity index (χ3n) is 2.72. The van der Waals surface area contributed by atoms with E-state index in [0.717, 1.165) is 16.0 Å². The average molecular weight is 244 g/mol. The lowest BCUT2D eigenvalue weighted by Crippen LogP contribution is -2.09. The molecular formula is C9H14BrN3. The minimum absolute atomic E-state index is 0.532.